The Labute approximate surface area is 92.9 Å². The lowest BCUT2D eigenvalue weighted by Crippen LogP contribution is -2.32. The first-order valence-corrected chi connectivity index (χ1v) is 5.90. The first-order valence-electron chi connectivity index (χ1n) is 5.90. The summed E-state index contributed by atoms with van der Waals surface area (Å²) in [6, 6.07) is 9.25. The Morgan fingerprint density at radius 3 is 2.60 bits per heavy atom. The molecule has 2 rings (SSSR count). The summed E-state index contributed by atoms with van der Waals surface area (Å²) >= 11 is 0. The molecule has 0 spiro atoms. The molecular formula is C14H21N. The van der Waals surface area contributed by atoms with Crippen molar-refractivity contribution in [3.63, 3.8) is 0 Å². The zero-order chi connectivity index (χ0) is 10.9. The van der Waals surface area contributed by atoms with Gasteiger partial charge in [0.05, 0.1) is 0 Å². The van der Waals surface area contributed by atoms with Gasteiger partial charge in [-0.15, -0.1) is 0 Å². The van der Waals surface area contributed by atoms with Gasteiger partial charge in [0.1, 0.15) is 0 Å². The van der Waals surface area contributed by atoms with Crippen LogP contribution < -0.4 is 5.32 Å². The lowest BCUT2D eigenvalue weighted by molar-refractivity contribution is 0.379. The van der Waals surface area contributed by atoms with Crippen molar-refractivity contribution >= 4 is 0 Å². The second-order valence-electron chi connectivity index (χ2n) is 5.18. The molecular weight excluding hydrogens is 182 g/mol. The summed E-state index contributed by atoms with van der Waals surface area (Å²) in [6.45, 7) is 7.87. The van der Waals surface area contributed by atoms with Crippen LogP contribution in [0.5, 0.6) is 0 Å². The number of hydrogen-bond acceptors (Lipinski definition) is 1. The van der Waals surface area contributed by atoms with Crippen LogP contribution in [0.2, 0.25) is 0 Å². The van der Waals surface area contributed by atoms with Crippen LogP contribution in [0.3, 0.4) is 0 Å². The maximum atomic E-state index is 3.64. The molecule has 1 unspecified atom stereocenters. The lowest BCUT2D eigenvalue weighted by atomic mass is 10.00. The Morgan fingerprint density at radius 1 is 1.33 bits per heavy atom. The van der Waals surface area contributed by atoms with Gasteiger partial charge in [0.2, 0.25) is 0 Å². The van der Waals surface area contributed by atoms with Gasteiger partial charge in [-0.05, 0) is 43.2 Å². The fourth-order valence-corrected chi connectivity index (χ4v) is 1.95. The van der Waals surface area contributed by atoms with E-state index in [-0.39, 0.29) is 0 Å². The van der Waals surface area contributed by atoms with E-state index in [2.05, 4.69) is 50.4 Å². The fourth-order valence-electron chi connectivity index (χ4n) is 1.95. The van der Waals surface area contributed by atoms with E-state index in [1.165, 1.54) is 24.0 Å². The highest BCUT2D eigenvalue weighted by Crippen LogP contribution is 2.47. The van der Waals surface area contributed by atoms with Gasteiger partial charge in [-0.3, -0.25) is 0 Å². The van der Waals surface area contributed by atoms with Crippen LogP contribution in [0.25, 0.3) is 0 Å². The van der Waals surface area contributed by atoms with Crippen LogP contribution in [0.4, 0.5) is 0 Å². The zero-order valence-corrected chi connectivity index (χ0v) is 10.0. The summed E-state index contributed by atoms with van der Waals surface area (Å²) in [5.74, 6) is 0. The zero-order valence-electron chi connectivity index (χ0n) is 10.0. The highest BCUT2D eigenvalue weighted by atomic mass is 14.9. The third-order valence-corrected chi connectivity index (χ3v) is 3.94. The quantitative estimate of drug-likeness (QED) is 0.792. The third kappa shape index (κ3) is 2.40. The molecule has 1 aromatic carbocycles. The number of rotatable bonds is 4. The summed E-state index contributed by atoms with van der Waals surface area (Å²) < 4.78 is 0. The van der Waals surface area contributed by atoms with Gasteiger partial charge in [-0.25, -0.2) is 0 Å². The number of hydrogen-bond donors (Lipinski definition) is 1. The molecule has 1 heteroatoms. The van der Waals surface area contributed by atoms with E-state index in [0.717, 1.165) is 6.54 Å². The van der Waals surface area contributed by atoms with E-state index in [9.17, 15) is 0 Å². The molecule has 0 heterocycles. The molecule has 1 N–H and O–H groups in total. The van der Waals surface area contributed by atoms with E-state index >= 15 is 0 Å². The summed E-state index contributed by atoms with van der Waals surface area (Å²) in [6.07, 6.45) is 2.77. The van der Waals surface area contributed by atoms with Crippen LogP contribution in [0.15, 0.2) is 24.3 Å². The summed E-state index contributed by atoms with van der Waals surface area (Å²) in [4.78, 5) is 0. The van der Waals surface area contributed by atoms with Gasteiger partial charge in [0, 0.05) is 12.6 Å². The largest absolute Gasteiger partial charge is 0.310 e. The second-order valence-corrected chi connectivity index (χ2v) is 5.18. The average Bonchev–Trinajstić information content (AvgIpc) is 2.96. The Balaban J connectivity index is 1.90. The summed E-state index contributed by atoms with van der Waals surface area (Å²) in [7, 11) is 0. The minimum atomic E-state index is 0.572. The molecule has 0 bridgehead atoms. The van der Waals surface area contributed by atoms with Gasteiger partial charge in [0.15, 0.2) is 0 Å². The molecule has 15 heavy (non-hydrogen) atoms. The standard InChI is InChI=1S/C14H21N/c1-11-6-4-5-7-13(11)10-15-12(2)14(3)8-9-14/h4-7,12,15H,8-10H2,1-3H3. The predicted molar refractivity (Wildman–Crippen MR) is 64.8 cm³/mol. The van der Waals surface area contributed by atoms with Gasteiger partial charge >= 0.3 is 0 Å². The molecule has 1 aliphatic rings. The van der Waals surface area contributed by atoms with Gasteiger partial charge in [-0.2, -0.15) is 0 Å². The number of aryl methyl sites for hydroxylation is 1. The van der Waals surface area contributed by atoms with E-state index in [0.29, 0.717) is 11.5 Å². The average molecular weight is 203 g/mol. The Kier molecular flexibility index (Phi) is 2.83. The number of nitrogens with one attached hydrogen (secondary N) is 1. The van der Waals surface area contributed by atoms with E-state index in [4.69, 9.17) is 0 Å². The van der Waals surface area contributed by atoms with Crippen molar-refractivity contribution in [3.8, 4) is 0 Å². The second kappa shape index (κ2) is 3.97. The Bertz CT molecular complexity index is 339. The van der Waals surface area contributed by atoms with Crippen LogP contribution in [-0.2, 0) is 6.54 Å². The van der Waals surface area contributed by atoms with Crippen molar-refractivity contribution in [1.29, 1.82) is 0 Å². The molecule has 0 aliphatic heterocycles. The summed E-state index contributed by atoms with van der Waals surface area (Å²) in [5.41, 5.74) is 3.38. The number of benzene rings is 1. The maximum absolute atomic E-state index is 3.64. The van der Waals surface area contributed by atoms with Crippen molar-refractivity contribution in [2.24, 2.45) is 5.41 Å². The minimum absolute atomic E-state index is 0.572. The molecule has 0 saturated heterocycles. The first kappa shape index (κ1) is 10.7. The Morgan fingerprint density at radius 2 is 2.00 bits per heavy atom. The van der Waals surface area contributed by atoms with Gasteiger partial charge < -0.3 is 5.32 Å². The predicted octanol–water partition coefficient (Wildman–Crippen LogP) is 3.27. The SMILES string of the molecule is Cc1ccccc1CNC(C)C1(C)CC1. The molecule has 1 saturated carbocycles. The van der Waals surface area contributed by atoms with Gasteiger partial charge in [0.25, 0.3) is 0 Å². The molecule has 82 valence electrons. The molecule has 0 radical (unpaired) electrons. The molecule has 1 fully saturated rings. The van der Waals surface area contributed by atoms with Crippen molar-refractivity contribution in [2.45, 2.75) is 46.2 Å². The monoisotopic (exact) mass is 203 g/mol. The van der Waals surface area contributed by atoms with Crippen LogP contribution in [0, 0.1) is 12.3 Å². The maximum Gasteiger partial charge on any atom is 0.0210 e. The topological polar surface area (TPSA) is 12.0 Å². The van der Waals surface area contributed by atoms with Crippen LogP contribution in [0.1, 0.15) is 37.8 Å². The fraction of sp³-hybridized carbons (Fsp3) is 0.571. The third-order valence-electron chi connectivity index (χ3n) is 3.94. The van der Waals surface area contributed by atoms with Crippen LogP contribution >= 0.6 is 0 Å². The van der Waals surface area contributed by atoms with Crippen molar-refractivity contribution in [1.82, 2.24) is 5.32 Å². The molecule has 1 aliphatic carbocycles. The molecule has 1 atom stereocenters. The lowest BCUT2D eigenvalue weighted by Gasteiger charge is -2.20. The highest BCUT2D eigenvalue weighted by molar-refractivity contribution is 5.25. The Hall–Kier alpha value is -0.820. The highest BCUT2D eigenvalue weighted by Gasteiger charge is 2.42. The van der Waals surface area contributed by atoms with E-state index in [1.807, 2.05) is 0 Å². The minimum Gasteiger partial charge on any atom is -0.310 e. The van der Waals surface area contributed by atoms with Gasteiger partial charge in [-0.1, -0.05) is 31.2 Å². The molecule has 1 nitrogen and oxygen atoms in total. The smallest absolute Gasteiger partial charge is 0.0210 e. The molecule has 0 amide bonds. The van der Waals surface area contributed by atoms with E-state index in [1.54, 1.807) is 0 Å². The molecule has 0 aromatic heterocycles. The van der Waals surface area contributed by atoms with Crippen LogP contribution in [-0.4, -0.2) is 6.04 Å². The van der Waals surface area contributed by atoms with E-state index < -0.39 is 0 Å². The van der Waals surface area contributed by atoms with Crippen molar-refractivity contribution in [2.75, 3.05) is 0 Å². The van der Waals surface area contributed by atoms with Crippen molar-refractivity contribution < 1.29 is 0 Å². The van der Waals surface area contributed by atoms with Crippen molar-refractivity contribution in [3.05, 3.63) is 35.4 Å². The summed E-state index contributed by atoms with van der Waals surface area (Å²) in [5, 5.41) is 3.64. The normalized spacial score (nSPS) is 19.9. The first-order chi connectivity index (χ1) is 7.12. The molecule has 1 aromatic rings.